The molecule has 0 fully saturated rings. The number of rotatable bonds is 3. The Labute approximate surface area is 103 Å². The number of aliphatic hydroxyl groups excluding tert-OH is 1. The van der Waals surface area contributed by atoms with Crippen molar-refractivity contribution in [1.29, 1.82) is 0 Å². The normalized spacial score (nSPS) is 14.1. The molecule has 2 atom stereocenters. The van der Waals surface area contributed by atoms with E-state index >= 15 is 0 Å². The summed E-state index contributed by atoms with van der Waals surface area (Å²) in [6, 6.07) is 5.60. The lowest BCUT2D eigenvalue weighted by Crippen LogP contribution is -2.25. The van der Waals surface area contributed by atoms with Gasteiger partial charge in [0, 0.05) is 6.20 Å². The number of nitrogens with zero attached hydrogens (tertiary/aromatic N) is 2. The Bertz CT molecular complexity index is 500. The van der Waals surface area contributed by atoms with E-state index < -0.39 is 11.6 Å². The van der Waals surface area contributed by atoms with Crippen LogP contribution >= 0.6 is 11.6 Å². The van der Waals surface area contributed by atoms with E-state index in [0.29, 0.717) is 11.5 Å². The lowest BCUT2D eigenvalue weighted by molar-refractivity contribution is 0.196. The zero-order chi connectivity index (χ0) is 11.7. The minimum absolute atomic E-state index is 0. The number of hydrogen-bond donors (Lipinski definition) is 3. The Balaban J connectivity index is 0.00000144. The van der Waals surface area contributed by atoms with E-state index in [-0.39, 0.29) is 5.48 Å². The average Bonchev–Trinajstić information content (AvgIpc) is 2.56. The molecule has 0 saturated carbocycles. The lowest BCUT2D eigenvalue weighted by Gasteiger charge is -2.13. The molecular weight excluding hydrogens is 244 g/mol. The number of halogens is 1. The van der Waals surface area contributed by atoms with Crippen molar-refractivity contribution in [3.63, 3.8) is 0 Å². The van der Waals surface area contributed by atoms with Crippen LogP contribution in [0.1, 0.15) is 6.92 Å². The molecular formula is C10H15ClN4O2. The minimum Gasteiger partial charge on any atom is -0.412 e. The van der Waals surface area contributed by atoms with Crippen LogP contribution in [0.25, 0.3) is 5.52 Å². The first-order valence-corrected chi connectivity index (χ1v) is 5.34. The highest BCUT2D eigenvalue weighted by atomic mass is 35.5. The van der Waals surface area contributed by atoms with Crippen molar-refractivity contribution in [1.82, 2.24) is 9.61 Å². The van der Waals surface area contributed by atoms with Crippen LogP contribution in [-0.4, -0.2) is 31.8 Å². The summed E-state index contributed by atoms with van der Waals surface area (Å²) < 4.78 is 1.66. The predicted octanol–water partition coefficient (Wildman–Crippen LogP) is 0.449. The van der Waals surface area contributed by atoms with Gasteiger partial charge in [-0.1, -0.05) is 17.7 Å². The second-order valence-electron chi connectivity index (χ2n) is 3.58. The Morgan fingerprint density at radius 3 is 2.82 bits per heavy atom. The monoisotopic (exact) mass is 258 g/mol. The second-order valence-corrected chi connectivity index (χ2v) is 4.05. The molecule has 6 N–H and O–H groups in total. The molecule has 0 aliphatic heterocycles. The fraction of sp³-hybridized carbons (Fsp3) is 0.300. The summed E-state index contributed by atoms with van der Waals surface area (Å²) in [7, 11) is 0. The van der Waals surface area contributed by atoms with Gasteiger partial charge in [-0.2, -0.15) is 0 Å². The van der Waals surface area contributed by atoms with Crippen molar-refractivity contribution in [3.8, 4) is 0 Å². The van der Waals surface area contributed by atoms with Gasteiger partial charge in [-0.25, -0.2) is 4.52 Å². The first kappa shape index (κ1) is 13.6. The summed E-state index contributed by atoms with van der Waals surface area (Å²) in [5.74, 6) is 0.479. The van der Waals surface area contributed by atoms with Crippen molar-refractivity contribution in [2.45, 2.75) is 18.5 Å². The fourth-order valence-electron chi connectivity index (χ4n) is 1.38. The SMILES string of the molecule is CC(O)C(Cl)Nc1nn2ccccc2c1N.O. The Hall–Kier alpha value is -1.50. The quantitative estimate of drug-likeness (QED) is 0.549. The molecule has 0 aromatic carbocycles. The Morgan fingerprint density at radius 1 is 1.53 bits per heavy atom. The van der Waals surface area contributed by atoms with E-state index in [2.05, 4.69) is 10.4 Å². The maximum atomic E-state index is 9.28. The highest BCUT2D eigenvalue weighted by molar-refractivity contribution is 6.22. The predicted molar refractivity (Wildman–Crippen MR) is 68.2 cm³/mol. The Kier molecular flexibility index (Phi) is 4.17. The second kappa shape index (κ2) is 5.22. The molecule has 0 amide bonds. The molecule has 2 aromatic heterocycles. The number of aliphatic hydroxyl groups is 1. The summed E-state index contributed by atoms with van der Waals surface area (Å²) in [4.78, 5) is 0. The van der Waals surface area contributed by atoms with Crippen LogP contribution in [0.5, 0.6) is 0 Å². The van der Waals surface area contributed by atoms with Gasteiger partial charge in [-0.3, -0.25) is 0 Å². The zero-order valence-electron chi connectivity index (χ0n) is 9.26. The third-order valence-electron chi connectivity index (χ3n) is 2.28. The van der Waals surface area contributed by atoms with Gasteiger partial charge < -0.3 is 21.6 Å². The molecule has 0 bridgehead atoms. The van der Waals surface area contributed by atoms with E-state index in [1.54, 1.807) is 17.6 Å². The first-order chi connectivity index (χ1) is 7.59. The zero-order valence-corrected chi connectivity index (χ0v) is 10.0. The number of alkyl halides is 1. The van der Waals surface area contributed by atoms with Gasteiger partial charge >= 0.3 is 0 Å². The van der Waals surface area contributed by atoms with Gasteiger partial charge in [0.1, 0.15) is 11.2 Å². The van der Waals surface area contributed by atoms with Crippen molar-refractivity contribution < 1.29 is 10.6 Å². The highest BCUT2D eigenvalue weighted by Crippen LogP contribution is 2.24. The third kappa shape index (κ3) is 2.60. The fourth-order valence-corrected chi connectivity index (χ4v) is 1.48. The highest BCUT2D eigenvalue weighted by Gasteiger charge is 2.15. The number of aromatic nitrogens is 2. The number of nitrogens with one attached hydrogen (secondary N) is 1. The smallest absolute Gasteiger partial charge is 0.173 e. The van der Waals surface area contributed by atoms with Gasteiger partial charge in [0.2, 0.25) is 0 Å². The molecule has 0 radical (unpaired) electrons. The van der Waals surface area contributed by atoms with E-state index in [1.165, 1.54) is 0 Å². The van der Waals surface area contributed by atoms with Crippen LogP contribution in [-0.2, 0) is 0 Å². The largest absolute Gasteiger partial charge is 0.412 e. The number of nitrogens with two attached hydrogens (primary N) is 1. The van der Waals surface area contributed by atoms with Crippen LogP contribution in [0.2, 0.25) is 0 Å². The van der Waals surface area contributed by atoms with E-state index in [4.69, 9.17) is 17.3 Å². The summed E-state index contributed by atoms with van der Waals surface area (Å²) in [5.41, 5.74) is 6.61. The standard InChI is InChI=1S/C10H13ClN4O.H2O/c1-6(16)9(11)13-10-8(12)7-4-2-3-5-15(7)14-10;/h2-6,9,16H,12H2,1H3,(H,13,14);1H2. The number of anilines is 2. The molecule has 0 saturated heterocycles. The van der Waals surface area contributed by atoms with E-state index in [9.17, 15) is 5.11 Å². The summed E-state index contributed by atoms with van der Waals surface area (Å²) in [6.07, 6.45) is 1.11. The maximum absolute atomic E-state index is 9.28. The van der Waals surface area contributed by atoms with E-state index in [1.807, 2.05) is 18.2 Å². The van der Waals surface area contributed by atoms with E-state index in [0.717, 1.165) is 5.52 Å². The molecule has 17 heavy (non-hydrogen) atoms. The number of fused-ring (bicyclic) bond motifs is 1. The van der Waals surface area contributed by atoms with Crippen molar-refractivity contribution >= 4 is 28.6 Å². The summed E-state index contributed by atoms with van der Waals surface area (Å²) in [6.45, 7) is 1.59. The minimum atomic E-state index is -0.689. The molecule has 2 rings (SSSR count). The Morgan fingerprint density at radius 2 is 2.24 bits per heavy atom. The van der Waals surface area contributed by atoms with Crippen LogP contribution in [0.15, 0.2) is 24.4 Å². The molecule has 2 heterocycles. The maximum Gasteiger partial charge on any atom is 0.173 e. The molecule has 0 aliphatic rings. The molecule has 0 spiro atoms. The first-order valence-electron chi connectivity index (χ1n) is 4.91. The van der Waals surface area contributed by atoms with Crippen molar-refractivity contribution in [2.75, 3.05) is 11.1 Å². The molecule has 0 aliphatic carbocycles. The van der Waals surface area contributed by atoms with Gasteiger partial charge in [0.15, 0.2) is 5.82 Å². The van der Waals surface area contributed by atoms with Crippen LogP contribution in [0, 0.1) is 0 Å². The van der Waals surface area contributed by atoms with Gasteiger partial charge in [-0.05, 0) is 19.1 Å². The van der Waals surface area contributed by atoms with Gasteiger partial charge in [0.05, 0.1) is 11.6 Å². The molecule has 2 aromatic rings. The molecule has 7 heteroatoms. The van der Waals surface area contributed by atoms with Crippen LogP contribution < -0.4 is 11.1 Å². The van der Waals surface area contributed by atoms with Gasteiger partial charge in [0.25, 0.3) is 0 Å². The average molecular weight is 259 g/mol. The molecule has 6 nitrogen and oxygen atoms in total. The number of hydrogen-bond acceptors (Lipinski definition) is 4. The lowest BCUT2D eigenvalue weighted by atomic mass is 10.3. The number of pyridine rings is 1. The molecule has 2 unspecified atom stereocenters. The van der Waals surface area contributed by atoms with Crippen molar-refractivity contribution in [3.05, 3.63) is 24.4 Å². The van der Waals surface area contributed by atoms with Gasteiger partial charge in [-0.15, -0.1) is 5.10 Å². The summed E-state index contributed by atoms with van der Waals surface area (Å²) in [5, 5.41) is 16.4. The van der Waals surface area contributed by atoms with Crippen molar-refractivity contribution in [2.24, 2.45) is 0 Å². The summed E-state index contributed by atoms with van der Waals surface area (Å²) >= 11 is 5.88. The third-order valence-corrected chi connectivity index (χ3v) is 2.75. The van der Waals surface area contributed by atoms with Crippen LogP contribution in [0.3, 0.4) is 0 Å². The number of nitrogen functional groups attached to an aromatic ring is 1. The topological polar surface area (TPSA) is 107 Å². The molecule has 94 valence electrons. The van der Waals surface area contributed by atoms with Crippen LogP contribution in [0.4, 0.5) is 11.5 Å².